The van der Waals surface area contributed by atoms with E-state index in [1.54, 1.807) is 6.33 Å². The standard InChI is InChI=1S/C14H26N4/c1-5-14(6-2,8-15)9-16-13-7-12(11(3)4)17-10-18-13/h7,10-11H,5-6,8-9,15H2,1-4H3,(H,16,17,18). The summed E-state index contributed by atoms with van der Waals surface area (Å²) in [7, 11) is 0. The number of nitrogens with one attached hydrogen (secondary N) is 1. The summed E-state index contributed by atoms with van der Waals surface area (Å²) < 4.78 is 0. The third-order valence-electron chi connectivity index (χ3n) is 3.86. The minimum absolute atomic E-state index is 0.170. The largest absolute Gasteiger partial charge is 0.369 e. The van der Waals surface area contributed by atoms with Crippen LogP contribution in [0.5, 0.6) is 0 Å². The maximum atomic E-state index is 5.90. The molecular weight excluding hydrogens is 224 g/mol. The third kappa shape index (κ3) is 3.67. The fraction of sp³-hybridized carbons (Fsp3) is 0.714. The number of nitrogens with zero attached hydrogens (tertiary/aromatic N) is 2. The van der Waals surface area contributed by atoms with Crippen molar-refractivity contribution in [2.45, 2.75) is 46.5 Å². The van der Waals surface area contributed by atoms with Gasteiger partial charge in [-0.15, -0.1) is 0 Å². The van der Waals surface area contributed by atoms with Crippen molar-refractivity contribution in [1.29, 1.82) is 0 Å². The molecule has 0 amide bonds. The SMILES string of the molecule is CCC(CC)(CN)CNc1cc(C(C)C)ncn1. The Morgan fingerprint density at radius 2 is 1.94 bits per heavy atom. The molecule has 0 bridgehead atoms. The predicted octanol–water partition coefficient (Wildman–Crippen LogP) is 2.78. The van der Waals surface area contributed by atoms with E-state index in [1.165, 1.54) is 0 Å². The first-order valence-corrected chi connectivity index (χ1v) is 6.82. The third-order valence-corrected chi connectivity index (χ3v) is 3.86. The zero-order chi connectivity index (χ0) is 13.6. The van der Waals surface area contributed by atoms with Gasteiger partial charge in [0.1, 0.15) is 12.1 Å². The first-order valence-electron chi connectivity index (χ1n) is 6.82. The smallest absolute Gasteiger partial charge is 0.129 e. The average Bonchev–Trinajstić information content (AvgIpc) is 2.41. The molecule has 0 atom stereocenters. The van der Waals surface area contributed by atoms with Gasteiger partial charge in [0.05, 0.1) is 0 Å². The highest BCUT2D eigenvalue weighted by Gasteiger charge is 2.24. The van der Waals surface area contributed by atoms with Gasteiger partial charge in [0, 0.05) is 18.3 Å². The highest BCUT2D eigenvalue weighted by molar-refractivity contribution is 5.35. The predicted molar refractivity (Wildman–Crippen MR) is 76.7 cm³/mol. The number of anilines is 1. The van der Waals surface area contributed by atoms with Gasteiger partial charge in [0.25, 0.3) is 0 Å². The summed E-state index contributed by atoms with van der Waals surface area (Å²) in [5, 5.41) is 3.40. The molecule has 0 aliphatic heterocycles. The molecule has 0 aliphatic rings. The van der Waals surface area contributed by atoms with Gasteiger partial charge in [0.2, 0.25) is 0 Å². The van der Waals surface area contributed by atoms with Gasteiger partial charge in [0.15, 0.2) is 0 Å². The Labute approximate surface area is 110 Å². The quantitative estimate of drug-likeness (QED) is 0.781. The Hall–Kier alpha value is -1.16. The molecule has 3 N–H and O–H groups in total. The van der Waals surface area contributed by atoms with E-state index < -0.39 is 0 Å². The van der Waals surface area contributed by atoms with Crippen molar-refractivity contribution < 1.29 is 0 Å². The monoisotopic (exact) mass is 250 g/mol. The lowest BCUT2D eigenvalue weighted by molar-refractivity contribution is 0.294. The molecule has 4 nitrogen and oxygen atoms in total. The maximum absolute atomic E-state index is 5.90. The minimum atomic E-state index is 0.170. The molecule has 4 heteroatoms. The maximum Gasteiger partial charge on any atom is 0.129 e. The molecule has 102 valence electrons. The second-order valence-corrected chi connectivity index (χ2v) is 5.25. The van der Waals surface area contributed by atoms with E-state index in [0.29, 0.717) is 12.5 Å². The van der Waals surface area contributed by atoms with E-state index in [4.69, 9.17) is 5.73 Å². The van der Waals surface area contributed by atoms with Crippen molar-refractivity contribution in [1.82, 2.24) is 9.97 Å². The number of rotatable bonds is 7. The first kappa shape index (κ1) is 14.9. The molecule has 0 radical (unpaired) electrons. The lowest BCUT2D eigenvalue weighted by Gasteiger charge is -2.30. The topological polar surface area (TPSA) is 63.8 Å². The molecule has 0 saturated carbocycles. The van der Waals surface area contributed by atoms with Crippen molar-refractivity contribution in [2.75, 3.05) is 18.4 Å². The summed E-state index contributed by atoms with van der Waals surface area (Å²) in [5.74, 6) is 1.32. The molecule has 0 fully saturated rings. The molecule has 1 aromatic heterocycles. The Morgan fingerprint density at radius 3 is 2.44 bits per heavy atom. The minimum Gasteiger partial charge on any atom is -0.369 e. The summed E-state index contributed by atoms with van der Waals surface area (Å²) in [4.78, 5) is 8.53. The molecule has 0 unspecified atom stereocenters. The van der Waals surface area contributed by atoms with E-state index in [-0.39, 0.29) is 5.41 Å². The summed E-state index contributed by atoms with van der Waals surface area (Å²) >= 11 is 0. The molecular formula is C14H26N4. The van der Waals surface area contributed by atoms with Crippen LogP contribution in [0.25, 0.3) is 0 Å². The average molecular weight is 250 g/mol. The highest BCUT2D eigenvalue weighted by Crippen LogP contribution is 2.25. The molecule has 1 aromatic rings. The van der Waals surface area contributed by atoms with E-state index in [1.807, 2.05) is 6.07 Å². The number of aromatic nitrogens is 2. The number of hydrogen-bond donors (Lipinski definition) is 2. The van der Waals surface area contributed by atoms with Crippen LogP contribution in [0.3, 0.4) is 0 Å². The van der Waals surface area contributed by atoms with Gasteiger partial charge in [-0.05, 0) is 30.7 Å². The summed E-state index contributed by atoms with van der Waals surface area (Å²) in [5.41, 5.74) is 7.14. The fourth-order valence-corrected chi connectivity index (χ4v) is 1.92. The van der Waals surface area contributed by atoms with Crippen molar-refractivity contribution in [3.05, 3.63) is 18.1 Å². The molecule has 0 aromatic carbocycles. The van der Waals surface area contributed by atoms with E-state index in [0.717, 1.165) is 30.9 Å². The zero-order valence-corrected chi connectivity index (χ0v) is 12.0. The molecule has 1 rings (SSSR count). The van der Waals surface area contributed by atoms with Crippen LogP contribution < -0.4 is 11.1 Å². The summed E-state index contributed by atoms with van der Waals surface area (Å²) in [6.45, 7) is 10.2. The lowest BCUT2D eigenvalue weighted by Crippen LogP contribution is -2.36. The van der Waals surface area contributed by atoms with Crippen LogP contribution in [-0.2, 0) is 0 Å². The number of hydrogen-bond acceptors (Lipinski definition) is 4. The fourth-order valence-electron chi connectivity index (χ4n) is 1.92. The van der Waals surface area contributed by atoms with Crippen molar-refractivity contribution in [3.63, 3.8) is 0 Å². The van der Waals surface area contributed by atoms with E-state index in [9.17, 15) is 0 Å². The van der Waals surface area contributed by atoms with Crippen LogP contribution >= 0.6 is 0 Å². The van der Waals surface area contributed by atoms with Crippen molar-refractivity contribution in [2.24, 2.45) is 11.1 Å². The van der Waals surface area contributed by atoms with Crippen LogP contribution in [0.15, 0.2) is 12.4 Å². The molecule has 1 heterocycles. The lowest BCUT2D eigenvalue weighted by atomic mass is 9.82. The molecule has 0 saturated heterocycles. The summed E-state index contributed by atoms with van der Waals surface area (Å²) in [6, 6.07) is 2.03. The van der Waals surface area contributed by atoms with Crippen LogP contribution in [-0.4, -0.2) is 23.1 Å². The molecule has 0 spiro atoms. The van der Waals surface area contributed by atoms with Crippen molar-refractivity contribution in [3.8, 4) is 0 Å². The van der Waals surface area contributed by atoms with Crippen LogP contribution in [0.1, 0.15) is 52.1 Å². The van der Waals surface area contributed by atoms with Gasteiger partial charge in [-0.25, -0.2) is 9.97 Å². The molecule has 0 aliphatic carbocycles. The Morgan fingerprint density at radius 1 is 1.28 bits per heavy atom. The summed E-state index contributed by atoms with van der Waals surface area (Å²) in [6.07, 6.45) is 3.78. The van der Waals surface area contributed by atoms with Gasteiger partial charge in [-0.1, -0.05) is 27.7 Å². The van der Waals surface area contributed by atoms with Crippen LogP contribution in [0.2, 0.25) is 0 Å². The van der Waals surface area contributed by atoms with Gasteiger partial charge in [-0.2, -0.15) is 0 Å². The van der Waals surface area contributed by atoms with Gasteiger partial charge in [-0.3, -0.25) is 0 Å². The Balaban J connectivity index is 2.70. The van der Waals surface area contributed by atoms with Crippen LogP contribution in [0.4, 0.5) is 5.82 Å². The normalized spacial score (nSPS) is 11.9. The first-order chi connectivity index (χ1) is 8.56. The van der Waals surface area contributed by atoms with Crippen LogP contribution in [0, 0.1) is 5.41 Å². The second-order valence-electron chi connectivity index (χ2n) is 5.25. The van der Waals surface area contributed by atoms with E-state index in [2.05, 4.69) is 43.0 Å². The van der Waals surface area contributed by atoms with Gasteiger partial charge >= 0.3 is 0 Å². The zero-order valence-electron chi connectivity index (χ0n) is 12.0. The van der Waals surface area contributed by atoms with E-state index >= 15 is 0 Å². The van der Waals surface area contributed by atoms with Gasteiger partial charge < -0.3 is 11.1 Å². The Kier molecular flexibility index (Phi) is 5.54. The molecule has 18 heavy (non-hydrogen) atoms. The highest BCUT2D eigenvalue weighted by atomic mass is 15.0. The second kappa shape index (κ2) is 6.69. The van der Waals surface area contributed by atoms with Crippen molar-refractivity contribution >= 4 is 5.82 Å². The number of nitrogens with two attached hydrogens (primary N) is 1. The Bertz CT molecular complexity index is 350.